The van der Waals surface area contributed by atoms with E-state index < -0.39 is 0 Å². The van der Waals surface area contributed by atoms with Crippen LogP contribution in [0.15, 0.2) is 46.9 Å². The Balaban J connectivity index is 0.00000280. The van der Waals surface area contributed by atoms with E-state index in [-0.39, 0.29) is 29.8 Å². The number of hydrogen-bond donors (Lipinski definition) is 1. The molecular formula is C19H24FIN6S. The molecule has 0 amide bonds. The molecule has 0 aliphatic carbocycles. The molecule has 3 aromatic rings. The SMILES string of the molecule is CN=C(NCCc1ccn(-c2ccc(F)cc2)n1)N(C)Cc1csc(C)n1.I. The Morgan fingerprint density at radius 1 is 1.25 bits per heavy atom. The number of aliphatic imine (C=N–C) groups is 1. The maximum absolute atomic E-state index is 13.0. The van der Waals surface area contributed by atoms with Gasteiger partial charge in [-0.2, -0.15) is 5.10 Å². The number of hydrogen-bond acceptors (Lipinski definition) is 4. The standard InChI is InChI=1S/C19H23FN6S.HI/c1-14-23-17(13-27-14)12-25(3)19(21-2)22-10-8-16-9-11-26(24-16)18-6-4-15(20)5-7-18;/h4-7,9,11,13H,8,10,12H2,1-3H3,(H,21,22);1H. The summed E-state index contributed by atoms with van der Waals surface area (Å²) in [5.41, 5.74) is 2.84. The van der Waals surface area contributed by atoms with Crippen molar-refractivity contribution in [1.82, 2.24) is 25.0 Å². The molecule has 2 aromatic heterocycles. The van der Waals surface area contributed by atoms with Gasteiger partial charge in [0.1, 0.15) is 5.82 Å². The summed E-state index contributed by atoms with van der Waals surface area (Å²) in [5.74, 6) is 0.567. The minimum absolute atomic E-state index is 0. The van der Waals surface area contributed by atoms with Crippen LogP contribution in [0, 0.1) is 12.7 Å². The third-order valence-electron chi connectivity index (χ3n) is 4.04. The van der Waals surface area contributed by atoms with Crippen LogP contribution < -0.4 is 5.32 Å². The zero-order valence-electron chi connectivity index (χ0n) is 16.1. The Bertz CT molecular complexity index is 905. The van der Waals surface area contributed by atoms with Gasteiger partial charge in [0.2, 0.25) is 0 Å². The lowest BCUT2D eigenvalue weighted by molar-refractivity contribution is 0.471. The minimum atomic E-state index is -0.251. The van der Waals surface area contributed by atoms with E-state index in [9.17, 15) is 4.39 Å². The normalized spacial score (nSPS) is 11.2. The summed E-state index contributed by atoms with van der Waals surface area (Å²) in [7, 11) is 3.77. The summed E-state index contributed by atoms with van der Waals surface area (Å²) < 4.78 is 14.8. The number of aromatic nitrogens is 3. The molecule has 6 nitrogen and oxygen atoms in total. The lowest BCUT2D eigenvalue weighted by atomic mass is 10.3. The topological polar surface area (TPSA) is 58.3 Å². The van der Waals surface area contributed by atoms with Crippen LogP contribution in [0.3, 0.4) is 0 Å². The maximum Gasteiger partial charge on any atom is 0.193 e. The van der Waals surface area contributed by atoms with Crippen LogP contribution in [-0.2, 0) is 13.0 Å². The zero-order valence-corrected chi connectivity index (χ0v) is 19.2. The number of thiazole rings is 1. The van der Waals surface area contributed by atoms with Crippen molar-refractivity contribution in [2.45, 2.75) is 19.9 Å². The second-order valence-electron chi connectivity index (χ2n) is 6.17. The quantitative estimate of drug-likeness (QED) is 0.310. The monoisotopic (exact) mass is 514 g/mol. The first-order valence-electron chi connectivity index (χ1n) is 8.68. The first-order chi connectivity index (χ1) is 13.0. The largest absolute Gasteiger partial charge is 0.356 e. The predicted molar refractivity (Wildman–Crippen MR) is 122 cm³/mol. The molecule has 0 radical (unpaired) electrons. The van der Waals surface area contributed by atoms with E-state index in [2.05, 4.69) is 25.8 Å². The number of halogens is 2. The zero-order chi connectivity index (χ0) is 19.2. The van der Waals surface area contributed by atoms with Gasteiger partial charge in [0.05, 0.1) is 28.6 Å². The molecule has 1 N–H and O–H groups in total. The van der Waals surface area contributed by atoms with Crippen molar-refractivity contribution in [1.29, 1.82) is 0 Å². The van der Waals surface area contributed by atoms with Crippen molar-refractivity contribution in [3.8, 4) is 5.69 Å². The van der Waals surface area contributed by atoms with Gasteiger partial charge < -0.3 is 10.2 Å². The molecule has 1 aromatic carbocycles. The second kappa shape index (κ2) is 10.5. The van der Waals surface area contributed by atoms with Crippen LogP contribution in [0.5, 0.6) is 0 Å². The van der Waals surface area contributed by atoms with Gasteiger partial charge in [-0.15, -0.1) is 35.3 Å². The van der Waals surface area contributed by atoms with E-state index >= 15 is 0 Å². The Morgan fingerprint density at radius 3 is 2.64 bits per heavy atom. The average Bonchev–Trinajstić information content (AvgIpc) is 3.28. The minimum Gasteiger partial charge on any atom is -0.356 e. The van der Waals surface area contributed by atoms with Crippen LogP contribution in [0.1, 0.15) is 16.4 Å². The van der Waals surface area contributed by atoms with Crippen molar-refractivity contribution < 1.29 is 4.39 Å². The lowest BCUT2D eigenvalue weighted by Crippen LogP contribution is -2.39. The van der Waals surface area contributed by atoms with Crippen molar-refractivity contribution >= 4 is 41.3 Å². The Kier molecular flexibility index (Phi) is 8.36. The molecule has 0 saturated heterocycles. The molecule has 9 heteroatoms. The van der Waals surface area contributed by atoms with Crippen molar-refractivity contribution in [2.24, 2.45) is 4.99 Å². The van der Waals surface area contributed by atoms with Gasteiger partial charge in [-0.3, -0.25) is 4.99 Å². The molecule has 0 aliphatic rings. The van der Waals surface area contributed by atoms with Crippen LogP contribution in [0.4, 0.5) is 4.39 Å². The van der Waals surface area contributed by atoms with Gasteiger partial charge in [-0.1, -0.05) is 0 Å². The van der Waals surface area contributed by atoms with E-state index in [4.69, 9.17) is 0 Å². The summed E-state index contributed by atoms with van der Waals surface area (Å²) in [6.07, 6.45) is 2.64. The number of benzene rings is 1. The summed E-state index contributed by atoms with van der Waals surface area (Å²) in [4.78, 5) is 10.9. The summed E-state index contributed by atoms with van der Waals surface area (Å²) >= 11 is 1.65. The Morgan fingerprint density at radius 2 is 2.00 bits per heavy atom. The number of nitrogens with zero attached hydrogens (tertiary/aromatic N) is 5. The van der Waals surface area contributed by atoms with Gasteiger partial charge in [-0.05, 0) is 37.3 Å². The fourth-order valence-electron chi connectivity index (χ4n) is 2.72. The molecule has 0 aliphatic heterocycles. The van der Waals surface area contributed by atoms with Crippen LogP contribution in [-0.4, -0.2) is 46.3 Å². The van der Waals surface area contributed by atoms with Gasteiger partial charge in [0.15, 0.2) is 5.96 Å². The molecule has 3 rings (SSSR count). The van der Waals surface area contributed by atoms with E-state index in [0.717, 1.165) is 34.5 Å². The fraction of sp³-hybridized carbons (Fsp3) is 0.316. The molecule has 2 heterocycles. The molecular weight excluding hydrogens is 490 g/mol. The third kappa shape index (κ3) is 5.99. The van der Waals surface area contributed by atoms with Crippen molar-refractivity contribution in [3.63, 3.8) is 0 Å². The second-order valence-corrected chi connectivity index (χ2v) is 7.23. The van der Waals surface area contributed by atoms with Crippen LogP contribution in [0.25, 0.3) is 5.69 Å². The van der Waals surface area contributed by atoms with E-state index in [1.165, 1.54) is 12.1 Å². The highest BCUT2D eigenvalue weighted by Gasteiger charge is 2.09. The number of aryl methyl sites for hydroxylation is 1. The maximum atomic E-state index is 13.0. The number of rotatable bonds is 6. The fourth-order valence-corrected chi connectivity index (χ4v) is 3.32. The highest BCUT2D eigenvalue weighted by atomic mass is 127. The first kappa shape index (κ1) is 22.3. The Labute approximate surface area is 185 Å². The summed E-state index contributed by atoms with van der Waals surface area (Å²) in [6, 6.07) is 8.25. The van der Waals surface area contributed by atoms with Gasteiger partial charge in [0, 0.05) is 38.6 Å². The molecule has 28 heavy (non-hydrogen) atoms. The molecule has 150 valence electrons. The van der Waals surface area contributed by atoms with Crippen LogP contribution >= 0.6 is 35.3 Å². The molecule has 0 fully saturated rings. The van der Waals surface area contributed by atoms with E-state index in [1.807, 2.05) is 31.1 Å². The molecule has 0 atom stereocenters. The Hall–Kier alpha value is -2.01. The summed E-state index contributed by atoms with van der Waals surface area (Å²) in [5, 5.41) is 11.0. The highest BCUT2D eigenvalue weighted by molar-refractivity contribution is 14.0. The first-order valence-corrected chi connectivity index (χ1v) is 9.56. The van der Waals surface area contributed by atoms with Gasteiger partial charge >= 0.3 is 0 Å². The highest BCUT2D eigenvalue weighted by Crippen LogP contribution is 2.10. The number of nitrogens with one attached hydrogen (secondary N) is 1. The van der Waals surface area contributed by atoms with E-state index in [1.54, 1.807) is 35.2 Å². The van der Waals surface area contributed by atoms with Crippen molar-refractivity contribution in [2.75, 3.05) is 20.6 Å². The lowest BCUT2D eigenvalue weighted by Gasteiger charge is -2.21. The van der Waals surface area contributed by atoms with Gasteiger partial charge in [0.25, 0.3) is 0 Å². The van der Waals surface area contributed by atoms with Crippen molar-refractivity contribution in [3.05, 3.63) is 64.1 Å². The number of guanidine groups is 1. The molecule has 0 saturated carbocycles. The van der Waals surface area contributed by atoms with E-state index in [0.29, 0.717) is 13.1 Å². The molecule has 0 spiro atoms. The predicted octanol–water partition coefficient (Wildman–Crippen LogP) is 3.64. The molecule has 0 bridgehead atoms. The van der Waals surface area contributed by atoms with Gasteiger partial charge in [-0.25, -0.2) is 14.1 Å². The average molecular weight is 514 g/mol. The smallest absolute Gasteiger partial charge is 0.193 e. The molecule has 0 unspecified atom stereocenters. The van der Waals surface area contributed by atoms with Crippen LogP contribution in [0.2, 0.25) is 0 Å². The third-order valence-corrected chi connectivity index (χ3v) is 4.86. The summed E-state index contributed by atoms with van der Waals surface area (Å²) in [6.45, 7) is 3.43.